The van der Waals surface area contributed by atoms with Crippen molar-refractivity contribution >= 4 is 13.8 Å². The summed E-state index contributed by atoms with van der Waals surface area (Å²) in [6.07, 6.45) is 3.09. The number of pyridine rings is 1. The first-order chi connectivity index (χ1) is 10.6. The molecule has 1 unspecified atom stereocenters. The fraction of sp³-hybridized carbons (Fsp3) is 0.133. The van der Waals surface area contributed by atoms with Gasteiger partial charge in [-0.05, 0) is 42.7 Å². The van der Waals surface area contributed by atoms with E-state index >= 15 is 0 Å². The minimum absolute atomic E-state index is 0.193. The number of carbonyl (C=O) groups is 1. The van der Waals surface area contributed by atoms with Gasteiger partial charge in [-0.15, -0.1) is 0 Å². The molecule has 2 radical (unpaired) electrons. The van der Waals surface area contributed by atoms with Crippen LogP contribution in [0.3, 0.4) is 0 Å². The maximum atomic E-state index is 13.1. The number of benzene rings is 1. The van der Waals surface area contributed by atoms with Crippen LogP contribution < -0.4 is 10.9 Å². The number of rotatable bonds is 4. The summed E-state index contributed by atoms with van der Waals surface area (Å²) in [6.45, 7) is 1.83. The molecule has 0 aliphatic rings. The molecule has 5 nitrogen and oxygen atoms in total. The summed E-state index contributed by atoms with van der Waals surface area (Å²) >= 11 is 0. The normalized spacial score (nSPS) is 10.6. The quantitative estimate of drug-likeness (QED) is 0.667. The van der Waals surface area contributed by atoms with Crippen molar-refractivity contribution in [2.45, 2.75) is 13.0 Å². The minimum atomic E-state index is -0.299. The summed E-state index contributed by atoms with van der Waals surface area (Å²) in [5.41, 5.74) is 6.68. The number of aromatic nitrogens is 1. The van der Waals surface area contributed by atoms with E-state index in [2.05, 4.69) is 23.7 Å². The Kier molecular flexibility index (Phi) is 7.30. The molecule has 0 aliphatic heterocycles. The Morgan fingerprint density at radius 2 is 2.00 bits per heavy atom. The van der Waals surface area contributed by atoms with Gasteiger partial charge in [-0.2, -0.15) is 0 Å². The van der Waals surface area contributed by atoms with Crippen LogP contribution in [0.4, 0.5) is 4.39 Å². The van der Waals surface area contributed by atoms with Crippen LogP contribution in [0.25, 0.3) is 0 Å². The van der Waals surface area contributed by atoms with Gasteiger partial charge in [0.1, 0.15) is 5.82 Å². The molecule has 0 bridgehead atoms. The van der Waals surface area contributed by atoms with Crippen molar-refractivity contribution < 1.29 is 9.18 Å². The van der Waals surface area contributed by atoms with Gasteiger partial charge in [0.05, 0.1) is 0 Å². The van der Waals surface area contributed by atoms with E-state index in [4.69, 9.17) is 5.26 Å². The molecule has 2 N–H and O–H groups in total. The van der Waals surface area contributed by atoms with Gasteiger partial charge in [-0.3, -0.25) is 15.2 Å². The molecule has 2 aromatic rings. The monoisotopic (exact) mass is 296 g/mol. The first-order valence-electron chi connectivity index (χ1n) is 6.39. The zero-order chi connectivity index (χ0) is 16.4. The molecule has 110 valence electrons. The van der Waals surface area contributed by atoms with Crippen molar-refractivity contribution in [3.8, 4) is 5.97 Å². The Hall–Kier alpha value is -2.72. The Labute approximate surface area is 129 Å². The second-order valence-corrected chi connectivity index (χ2v) is 4.24. The highest BCUT2D eigenvalue weighted by Crippen LogP contribution is 2.12. The Bertz CT molecular complexity index is 645. The second kappa shape index (κ2) is 9.26. The van der Waals surface area contributed by atoms with E-state index < -0.39 is 0 Å². The van der Waals surface area contributed by atoms with Crippen LogP contribution in [0, 0.1) is 17.0 Å². The number of hydrazine groups is 1. The number of nitrogens with one attached hydrogen (secondary N) is 2. The number of carbonyl (C=O) groups excluding carboxylic acids is 1. The third kappa shape index (κ3) is 5.73. The molecular formula is C15H14BFN4O. The van der Waals surface area contributed by atoms with Gasteiger partial charge in [0.2, 0.25) is 7.85 Å². The van der Waals surface area contributed by atoms with E-state index in [0.29, 0.717) is 5.56 Å². The highest BCUT2D eigenvalue weighted by Gasteiger charge is 2.08. The van der Waals surface area contributed by atoms with Gasteiger partial charge < -0.3 is 0 Å². The second-order valence-electron chi connectivity index (χ2n) is 4.24. The molecule has 1 aromatic heterocycles. The van der Waals surface area contributed by atoms with Gasteiger partial charge in [0.15, 0.2) is 0 Å². The van der Waals surface area contributed by atoms with E-state index in [-0.39, 0.29) is 17.8 Å². The average Bonchev–Trinajstić information content (AvgIpc) is 2.54. The Morgan fingerprint density at radius 1 is 1.36 bits per heavy atom. The lowest BCUT2D eigenvalue weighted by Gasteiger charge is -2.15. The van der Waals surface area contributed by atoms with Crippen LogP contribution in [0.5, 0.6) is 0 Å². The maximum Gasteiger partial charge on any atom is 0.265 e. The predicted molar refractivity (Wildman–Crippen MR) is 81.0 cm³/mol. The number of nitrogens with zero attached hydrogens (tertiary/aromatic N) is 2. The summed E-state index contributed by atoms with van der Waals surface area (Å²) in [5.74, 6) is 0.692. The lowest BCUT2D eigenvalue weighted by Crippen LogP contribution is -2.39. The third-order valence-corrected chi connectivity index (χ3v) is 2.69. The highest BCUT2D eigenvalue weighted by molar-refractivity contribution is 6.20. The lowest BCUT2D eigenvalue weighted by molar-refractivity contribution is 0.0926. The first-order valence-corrected chi connectivity index (χ1v) is 6.39. The van der Waals surface area contributed by atoms with Crippen LogP contribution in [0.15, 0.2) is 48.8 Å². The standard InChI is InChI=1S/C14H14FN3O.CBN/c1-10(12-3-2-4-13(15)9-12)17-18-14(19)11-5-7-16-8-6-11;2-1-3/h2-10,17H,1H3,(H,18,19);. The number of amides is 1. The Balaban J connectivity index is 0.000000745. The SMILES string of the molecule is CC(NNC(=O)c1ccncc1)c1cccc(F)c1.[B]C#N. The van der Waals surface area contributed by atoms with Crippen LogP contribution in [-0.4, -0.2) is 18.7 Å². The van der Waals surface area contributed by atoms with E-state index in [1.54, 1.807) is 36.7 Å². The maximum absolute atomic E-state index is 13.1. The van der Waals surface area contributed by atoms with Gasteiger partial charge in [-0.1, -0.05) is 12.1 Å². The number of nitriles is 1. The Morgan fingerprint density at radius 3 is 2.59 bits per heavy atom. The fourth-order valence-electron chi connectivity index (χ4n) is 1.61. The van der Waals surface area contributed by atoms with Crippen molar-refractivity contribution in [3.63, 3.8) is 0 Å². The van der Waals surface area contributed by atoms with Crippen LogP contribution >= 0.6 is 0 Å². The zero-order valence-electron chi connectivity index (χ0n) is 12.0. The molecule has 0 fully saturated rings. The molecule has 1 heterocycles. The molecule has 1 atom stereocenters. The largest absolute Gasteiger partial charge is 0.287 e. The van der Waals surface area contributed by atoms with Gasteiger partial charge in [0, 0.05) is 24.0 Å². The number of hydrogen-bond donors (Lipinski definition) is 2. The van der Waals surface area contributed by atoms with Gasteiger partial charge in [-0.25, -0.2) is 15.1 Å². The molecule has 0 spiro atoms. The topological polar surface area (TPSA) is 77.8 Å². The third-order valence-electron chi connectivity index (χ3n) is 2.69. The average molecular weight is 296 g/mol. The van der Waals surface area contributed by atoms with Crippen LogP contribution in [-0.2, 0) is 0 Å². The molecule has 1 amide bonds. The fourth-order valence-corrected chi connectivity index (χ4v) is 1.61. The first kappa shape index (κ1) is 17.3. The van der Waals surface area contributed by atoms with Crippen molar-refractivity contribution in [1.82, 2.24) is 15.8 Å². The van der Waals surface area contributed by atoms with E-state index in [1.165, 1.54) is 18.1 Å². The summed E-state index contributed by atoms with van der Waals surface area (Å²) < 4.78 is 13.1. The zero-order valence-corrected chi connectivity index (χ0v) is 12.0. The molecule has 1 aromatic carbocycles. The van der Waals surface area contributed by atoms with Gasteiger partial charge in [0.25, 0.3) is 5.91 Å². The summed E-state index contributed by atoms with van der Waals surface area (Å²) in [4.78, 5) is 15.6. The predicted octanol–water partition coefficient (Wildman–Crippen LogP) is 1.85. The van der Waals surface area contributed by atoms with E-state index in [1.807, 2.05) is 6.92 Å². The van der Waals surface area contributed by atoms with Crippen LogP contribution in [0.1, 0.15) is 28.9 Å². The molecule has 0 aliphatic carbocycles. The summed E-state index contributed by atoms with van der Waals surface area (Å²) in [5, 5.41) is 7.10. The van der Waals surface area contributed by atoms with Crippen molar-refractivity contribution in [2.24, 2.45) is 0 Å². The van der Waals surface area contributed by atoms with Crippen molar-refractivity contribution in [1.29, 1.82) is 5.26 Å². The molecular weight excluding hydrogens is 282 g/mol. The highest BCUT2D eigenvalue weighted by atomic mass is 19.1. The number of halogens is 1. The van der Waals surface area contributed by atoms with E-state index in [9.17, 15) is 9.18 Å². The molecule has 0 saturated heterocycles. The van der Waals surface area contributed by atoms with E-state index in [0.717, 1.165) is 5.56 Å². The summed E-state index contributed by atoms with van der Waals surface area (Å²) in [6, 6.07) is 9.27. The molecule has 22 heavy (non-hydrogen) atoms. The number of hydrogen-bond acceptors (Lipinski definition) is 4. The van der Waals surface area contributed by atoms with Crippen molar-refractivity contribution in [3.05, 3.63) is 65.7 Å². The van der Waals surface area contributed by atoms with Gasteiger partial charge >= 0.3 is 0 Å². The molecule has 7 heteroatoms. The molecule has 2 rings (SSSR count). The molecule has 0 saturated carbocycles. The minimum Gasteiger partial charge on any atom is -0.287 e. The van der Waals surface area contributed by atoms with Crippen LogP contribution in [0.2, 0.25) is 0 Å². The smallest absolute Gasteiger partial charge is 0.265 e. The lowest BCUT2D eigenvalue weighted by atomic mass is 10.1. The van der Waals surface area contributed by atoms with Crippen molar-refractivity contribution in [2.75, 3.05) is 0 Å². The summed E-state index contributed by atoms with van der Waals surface area (Å²) in [7, 11) is 4.15.